The smallest absolute Gasteiger partial charge is 0.351 e. The first-order chi connectivity index (χ1) is 14.3. The van der Waals surface area contributed by atoms with Crippen LogP contribution in [0.5, 0.6) is 0 Å². The van der Waals surface area contributed by atoms with Crippen molar-refractivity contribution in [3.05, 3.63) is 70.8 Å². The van der Waals surface area contributed by atoms with Crippen molar-refractivity contribution in [2.45, 2.75) is 26.1 Å². The van der Waals surface area contributed by atoms with Crippen LogP contribution in [-0.4, -0.2) is 50.3 Å². The summed E-state index contributed by atoms with van der Waals surface area (Å²) in [7, 11) is 2.09. The summed E-state index contributed by atoms with van der Waals surface area (Å²) in [6, 6.07) is 12.7. The van der Waals surface area contributed by atoms with E-state index in [-0.39, 0.29) is 11.1 Å². The second kappa shape index (κ2) is 10.2. The van der Waals surface area contributed by atoms with Gasteiger partial charge in [-0.2, -0.15) is 0 Å². The molecular formula is C22H22O8. The van der Waals surface area contributed by atoms with Crippen LogP contribution in [0.1, 0.15) is 31.8 Å². The second-order valence-corrected chi connectivity index (χ2v) is 6.43. The van der Waals surface area contributed by atoms with Crippen molar-refractivity contribution < 1.29 is 38.1 Å². The molecule has 0 radical (unpaired) electrons. The second-order valence-electron chi connectivity index (χ2n) is 6.43. The molecule has 30 heavy (non-hydrogen) atoms. The number of carbonyl (C=O) groups excluding carboxylic acids is 4. The van der Waals surface area contributed by atoms with E-state index in [9.17, 15) is 19.2 Å². The summed E-state index contributed by atoms with van der Waals surface area (Å²) in [6.07, 6.45) is -3.71. The summed E-state index contributed by atoms with van der Waals surface area (Å²) in [5.41, 5.74) is 2.11. The lowest BCUT2D eigenvalue weighted by molar-refractivity contribution is -0.170. The SMILES string of the molecule is COC(=O)[C@H](OC(=O)c1ccc(C)cc1)[C@@H](OC(=O)c1ccc(C)cc1)C(=O)OC. The minimum Gasteiger partial charge on any atom is -0.466 e. The van der Waals surface area contributed by atoms with Gasteiger partial charge in [0.1, 0.15) is 0 Å². The zero-order valence-electron chi connectivity index (χ0n) is 17.0. The Morgan fingerprint density at radius 1 is 0.600 bits per heavy atom. The third-order valence-corrected chi connectivity index (χ3v) is 4.18. The van der Waals surface area contributed by atoms with Crippen molar-refractivity contribution in [3.8, 4) is 0 Å². The highest BCUT2D eigenvalue weighted by atomic mass is 16.6. The number of hydrogen-bond acceptors (Lipinski definition) is 8. The number of hydrogen-bond donors (Lipinski definition) is 0. The van der Waals surface area contributed by atoms with Crippen LogP contribution < -0.4 is 0 Å². The molecule has 0 saturated heterocycles. The number of ether oxygens (including phenoxy) is 4. The molecule has 0 bridgehead atoms. The van der Waals surface area contributed by atoms with E-state index in [4.69, 9.17) is 9.47 Å². The molecule has 0 saturated carbocycles. The Kier molecular flexibility index (Phi) is 7.69. The molecule has 0 aliphatic rings. The van der Waals surface area contributed by atoms with Crippen LogP contribution in [0.25, 0.3) is 0 Å². The van der Waals surface area contributed by atoms with E-state index in [0.717, 1.165) is 25.3 Å². The average Bonchev–Trinajstić information content (AvgIpc) is 2.75. The Hall–Kier alpha value is -3.68. The Morgan fingerprint density at radius 2 is 0.900 bits per heavy atom. The van der Waals surface area contributed by atoms with Crippen molar-refractivity contribution in [2.24, 2.45) is 0 Å². The molecule has 8 nitrogen and oxygen atoms in total. The number of aryl methyl sites for hydroxylation is 2. The zero-order chi connectivity index (χ0) is 22.3. The highest BCUT2D eigenvalue weighted by molar-refractivity contribution is 5.96. The predicted octanol–water partition coefficient (Wildman–Crippen LogP) is 2.40. The van der Waals surface area contributed by atoms with E-state index < -0.39 is 36.1 Å². The molecule has 0 aliphatic carbocycles. The number of benzene rings is 2. The maximum atomic E-state index is 12.5. The monoisotopic (exact) mass is 414 g/mol. The van der Waals surface area contributed by atoms with Crippen molar-refractivity contribution >= 4 is 23.9 Å². The van der Waals surface area contributed by atoms with Gasteiger partial charge in [-0.05, 0) is 38.1 Å². The molecule has 158 valence electrons. The Bertz CT molecular complexity index is 838. The fourth-order valence-electron chi connectivity index (χ4n) is 2.45. The third-order valence-electron chi connectivity index (χ3n) is 4.18. The fourth-order valence-corrected chi connectivity index (χ4v) is 2.45. The first-order valence-corrected chi connectivity index (χ1v) is 8.97. The molecule has 0 unspecified atom stereocenters. The van der Waals surface area contributed by atoms with Gasteiger partial charge in [0.15, 0.2) is 0 Å². The van der Waals surface area contributed by atoms with Crippen molar-refractivity contribution in [1.29, 1.82) is 0 Å². The standard InChI is InChI=1S/C22H22O8/c1-13-5-9-15(10-6-13)19(23)29-17(21(25)27-3)18(22(26)28-4)30-20(24)16-11-7-14(2)8-12-16/h5-12,17-18H,1-4H3/t17-,18-/m1/s1. The van der Waals surface area contributed by atoms with Gasteiger partial charge in [0.25, 0.3) is 0 Å². The van der Waals surface area contributed by atoms with Gasteiger partial charge in [-0.15, -0.1) is 0 Å². The van der Waals surface area contributed by atoms with Crippen LogP contribution >= 0.6 is 0 Å². The Balaban J connectivity index is 2.30. The van der Waals surface area contributed by atoms with Gasteiger partial charge >= 0.3 is 23.9 Å². The highest BCUT2D eigenvalue weighted by Crippen LogP contribution is 2.16. The first-order valence-electron chi connectivity index (χ1n) is 8.97. The molecule has 0 aliphatic heterocycles. The van der Waals surface area contributed by atoms with Crippen LogP contribution in [0.4, 0.5) is 0 Å². The normalized spacial score (nSPS) is 12.3. The van der Waals surface area contributed by atoms with Crippen LogP contribution in [0, 0.1) is 13.8 Å². The molecule has 2 atom stereocenters. The quantitative estimate of drug-likeness (QED) is 0.502. The average molecular weight is 414 g/mol. The van der Waals surface area contributed by atoms with Gasteiger partial charge in [-0.25, -0.2) is 19.2 Å². The molecule has 2 aromatic rings. The largest absolute Gasteiger partial charge is 0.466 e. The maximum Gasteiger partial charge on any atom is 0.351 e. The van der Waals surface area contributed by atoms with Gasteiger partial charge in [0.05, 0.1) is 25.3 Å². The zero-order valence-corrected chi connectivity index (χ0v) is 17.0. The molecule has 2 rings (SSSR count). The lowest BCUT2D eigenvalue weighted by atomic mass is 10.1. The first kappa shape index (κ1) is 22.6. The lowest BCUT2D eigenvalue weighted by Crippen LogP contribution is -2.47. The summed E-state index contributed by atoms with van der Waals surface area (Å²) in [5, 5.41) is 0. The van der Waals surface area contributed by atoms with Gasteiger partial charge in [0.2, 0.25) is 12.2 Å². The lowest BCUT2D eigenvalue weighted by Gasteiger charge is -2.23. The summed E-state index contributed by atoms with van der Waals surface area (Å²) in [4.78, 5) is 49.5. The summed E-state index contributed by atoms with van der Waals surface area (Å²) in [5.74, 6) is -3.96. The van der Waals surface area contributed by atoms with E-state index in [1.165, 1.54) is 24.3 Å². The molecule has 2 aromatic carbocycles. The molecule has 0 heterocycles. The van der Waals surface area contributed by atoms with Crippen molar-refractivity contribution in [1.82, 2.24) is 0 Å². The van der Waals surface area contributed by atoms with Crippen LogP contribution in [0.2, 0.25) is 0 Å². The molecular weight excluding hydrogens is 392 g/mol. The maximum absolute atomic E-state index is 12.5. The topological polar surface area (TPSA) is 105 Å². The molecule has 8 heteroatoms. The minimum absolute atomic E-state index is 0.142. The Labute approximate surface area is 173 Å². The number of esters is 4. The molecule has 0 spiro atoms. The number of carbonyl (C=O) groups is 4. The molecule has 0 aromatic heterocycles. The fraction of sp³-hybridized carbons (Fsp3) is 0.273. The van der Waals surface area contributed by atoms with Crippen LogP contribution in [-0.2, 0) is 28.5 Å². The molecule has 0 fully saturated rings. The summed E-state index contributed by atoms with van der Waals surface area (Å²) >= 11 is 0. The van der Waals surface area contributed by atoms with Gasteiger partial charge < -0.3 is 18.9 Å². The molecule has 0 N–H and O–H groups in total. The van der Waals surface area contributed by atoms with E-state index in [1.54, 1.807) is 24.3 Å². The number of rotatable bonds is 7. The summed E-state index contributed by atoms with van der Waals surface area (Å²) < 4.78 is 19.6. The van der Waals surface area contributed by atoms with E-state index in [2.05, 4.69) is 9.47 Å². The van der Waals surface area contributed by atoms with E-state index in [1.807, 2.05) is 13.8 Å². The van der Waals surface area contributed by atoms with Crippen molar-refractivity contribution in [3.63, 3.8) is 0 Å². The van der Waals surface area contributed by atoms with E-state index in [0.29, 0.717) is 0 Å². The predicted molar refractivity (Wildman–Crippen MR) is 105 cm³/mol. The van der Waals surface area contributed by atoms with Gasteiger partial charge in [-0.3, -0.25) is 0 Å². The molecule has 0 amide bonds. The van der Waals surface area contributed by atoms with Crippen LogP contribution in [0.15, 0.2) is 48.5 Å². The van der Waals surface area contributed by atoms with Gasteiger partial charge in [-0.1, -0.05) is 35.4 Å². The van der Waals surface area contributed by atoms with Crippen molar-refractivity contribution in [2.75, 3.05) is 14.2 Å². The summed E-state index contributed by atoms with van der Waals surface area (Å²) in [6.45, 7) is 3.67. The third kappa shape index (κ3) is 5.66. The van der Waals surface area contributed by atoms with Gasteiger partial charge in [0, 0.05) is 0 Å². The minimum atomic E-state index is -1.86. The Morgan fingerprint density at radius 3 is 1.17 bits per heavy atom. The van der Waals surface area contributed by atoms with E-state index >= 15 is 0 Å². The van der Waals surface area contributed by atoms with Crippen LogP contribution in [0.3, 0.4) is 0 Å². The number of methoxy groups -OCH3 is 2. The highest BCUT2D eigenvalue weighted by Gasteiger charge is 2.42.